The third kappa shape index (κ3) is 7.71. The molecule has 4 aromatic rings. The van der Waals surface area contributed by atoms with Gasteiger partial charge in [0.05, 0.1) is 19.1 Å². The average Bonchev–Trinajstić information content (AvgIpc) is 3.72. The number of H-pyrrole nitrogens is 1. The van der Waals surface area contributed by atoms with Crippen molar-refractivity contribution < 1.29 is 41.4 Å². The number of nitrogens with one attached hydrogen (secondary N) is 2. The molecule has 4 aromatic heterocycles. The number of imidazole rings is 2. The Balaban J connectivity index is 1.37. The third-order valence-corrected chi connectivity index (χ3v) is 10.5. The molecule has 2 bridgehead atoms. The van der Waals surface area contributed by atoms with E-state index < -0.39 is 63.1 Å². The Bertz CT molecular complexity index is 2010. The normalized spacial score (nSPS) is 28.2. The molecule has 24 heteroatoms. The number of anilines is 1. The number of hydrogen-bond acceptors (Lipinski definition) is 14. The first-order chi connectivity index (χ1) is 23.4. The number of aromatic nitrogens is 8. The number of carbonyl (C=O) groups excluding carboxylic acids is 1. The zero-order valence-electron chi connectivity index (χ0n) is 25.9. The number of hydrogen-bond donors (Lipinski definition) is 3. The van der Waals surface area contributed by atoms with Gasteiger partial charge in [-0.15, -0.1) is 0 Å². The predicted octanol–water partition coefficient (Wildman–Crippen LogP) is 1.74. The van der Waals surface area contributed by atoms with E-state index in [1.165, 1.54) is 17.1 Å². The van der Waals surface area contributed by atoms with Crippen LogP contribution in [0, 0.1) is 12.5 Å². The largest absolute Gasteiger partial charge is 0.346 e. The summed E-state index contributed by atoms with van der Waals surface area (Å²) in [5.74, 6) is -0.783. The Morgan fingerprint density at radius 2 is 2.18 bits per heavy atom. The van der Waals surface area contributed by atoms with Crippen molar-refractivity contribution >= 4 is 68.1 Å². The van der Waals surface area contributed by atoms with E-state index in [1.54, 1.807) is 18.4 Å². The lowest BCUT2D eigenvalue weighted by atomic mass is 10.1. The predicted molar refractivity (Wildman–Crippen MR) is 174 cm³/mol. The second kappa shape index (κ2) is 14.5. The summed E-state index contributed by atoms with van der Waals surface area (Å²) in [4.78, 5) is 63.2. The van der Waals surface area contributed by atoms with E-state index in [4.69, 9.17) is 53.3 Å². The van der Waals surface area contributed by atoms with Gasteiger partial charge in [-0.2, -0.15) is 12.5 Å². The van der Waals surface area contributed by atoms with E-state index in [2.05, 4.69) is 40.1 Å². The van der Waals surface area contributed by atoms with Crippen molar-refractivity contribution in [1.82, 2.24) is 39.0 Å². The molecule has 49 heavy (non-hydrogen) atoms. The van der Waals surface area contributed by atoms with Crippen LogP contribution in [-0.4, -0.2) is 102 Å². The Morgan fingerprint density at radius 1 is 1.37 bits per heavy atom. The highest BCUT2D eigenvalue weighted by Crippen LogP contribution is 2.58. The highest BCUT2D eigenvalue weighted by Gasteiger charge is 2.51. The Hall–Kier alpha value is -3.35. The SMILES string of the molecule is [B-][P+]1(OCC[N+]#[C-])OCCn2c(nc3cncnc32)COP(O)(=S)O[C@@H]2[C@H](F)[C@@H](CO1)O[C@H]2n1cnc2c(=O)[nH]c(NC(=O)C(C)C)nc21. The van der Waals surface area contributed by atoms with E-state index >= 15 is 4.39 Å². The molecular formula is C25H29BFN10O9P2S. The van der Waals surface area contributed by atoms with Crippen molar-refractivity contribution in [2.24, 2.45) is 5.92 Å². The summed E-state index contributed by atoms with van der Waals surface area (Å²) in [7, 11) is 2.73. The molecule has 0 aromatic carbocycles. The summed E-state index contributed by atoms with van der Waals surface area (Å²) in [6, 6.07) is 0. The van der Waals surface area contributed by atoms with Gasteiger partial charge in [-0.05, 0) is 11.8 Å². The molecule has 3 N–H and O–H groups in total. The van der Waals surface area contributed by atoms with E-state index in [9.17, 15) is 14.5 Å². The molecule has 1 saturated heterocycles. The van der Waals surface area contributed by atoms with Crippen molar-refractivity contribution in [2.75, 3.05) is 31.7 Å². The van der Waals surface area contributed by atoms with Gasteiger partial charge in [-0.25, -0.2) is 44.5 Å². The summed E-state index contributed by atoms with van der Waals surface area (Å²) in [5.41, 5.74) is -0.129. The maximum Gasteiger partial charge on any atom is 0.325 e. The van der Waals surface area contributed by atoms with Crippen LogP contribution in [0.1, 0.15) is 25.9 Å². The van der Waals surface area contributed by atoms with Crippen molar-refractivity contribution in [3.63, 3.8) is 0 Å². The van der Waals surface area contributed by atoms with Gasteiger partial charge in [0.15, 0.2) is 35.8 Å². The van der Waals surface area contributed by atoms with E-state index in [1.807, 2.05) is 0 Å². The maximum absolute atomic E-state index is 16.3. The van der Waals surface area contributed by atoms with Gasteiger partial charge in [0, 0.05) is 5.92 Å². The number of carbonyl (C=O) groups is 1. The zero-order chi connectivity index (χ0) is 34.9. The van der Waals surface area contributed by atoms with Crippen molar-refractivity contribution in [3.05, 3.63) is 46.4 Å². The highest BCUT2D eigenvalue weighted by molar-refractivity contribution is 8.07. The van der Waals surface area contributed by atoms with Crippen LogP contribution >= 0.6 is 14.5 Å². The van der Waals surface area contributed by atoms with Crippen molar-refractivity contribution in [2.45, 2.75) is 51.6 Å². The van der Waals surface area contributed by atoms with Gasteiger partial charge in [0.2, 0.25) is 18.4 Å². The van der Waals surface area contributed by atoms with Gasteiger partial charge >= 0.3 is 6.72 Å². The summed E-state index contributed by atoms with van der Waals surface area (Å²) in [6.07, 6.45) is -2.60. The topological polar surface area (TPSA) is 216 Å². The fourth-order valence-corrected chi connectivity index (χ4v) is 7.53. The second-order valence-corrected chi connectivity index (χ2v) is 15.6. The van der Waals surface area contributed by atoms with Crippen LogP contribution in [0.25, 0.3) is 27.2 Å². The number of nitrogens with zero attached hydrogens (tertiary/aromatic N) is 8. The first kappa shape index (κ1) is 35.5. The molecular weight excluding hydrogens is 708 g/mol. The fraction of sp³-hybridized carbons (Fsp3) is 0.520. The fourth-order valence-electron chi connectivity index (χ4n) is 4.95. The van der Waals surface area contributed by atoms with Crippen molar-refractivity contribution in [3.8, 4) is 0 Å². The third-order valence-electron chi connectivity index (χ3n) is 7.32. The molecule has 2 aliphatic heterocycles. The monoisotopic (exact) mass is 737 g/mol. The molecule has 6 rings (SSSR count). The Labute approximate surface area is 283 Å². The zero-order valence-corrected chi connectivity index (χ0v) is 28.5. The molecule has 1 amide bonds. The van der Waals surface area contributed by atoms with Crippen LogP contribution in [0.2, 0.25) is 0 Å². The number of rotatable bonds is 6. The van der Waals surface area contributed by atoms with Gasteiger partial charge in [0.25, 0.3) is 5.56 Å². The molecule has 2 aliphatic rings. The number of fused-ring (bicyclic) bond motifs is 6. The highest BCUT2D eigenvalue weighted by atomic mass is 32.5. The smallest absolute Gasteiger partial charge is 0.325 e. The van der Waals surface area contributed by atoms with Crippen molar-refractivity contribution in [1.29, 1.82) is 0 Å². The van der Waals surface area contributed by atoms with Gasteiger partial charge in [-0.1, -0.05) is 13.8 Å². The van der Waals surface area contributed by atoms with E-state index in [0.29, 0.717) is 11.2 Å². The minimum Gasteiger partial charge on any atom is -0.346 e. The lowest BCUT2D eigenvalue weighted by Crippen LogP contribution is -2.32. The molecule has 0 saturated carbocycles. The lowest BCUT2D eigenvalue weighted by Gasteiger charge is -2.31. The molecule has 3 radical (unpaired) electrons. The summed E-state index contributed by atoms with van der Waals surface area (Å²) < 4.78 is 54.0. The Kier molecular flexibility index (Phi) is 10.5. The van der Waals surface area contributed by atoms with Crippen LogP contribution < -0.4 is 10.9 Å². The molecule has 6 heterocycles. The quantitative estimate of drug-likeness (QED) is 0.111. The molecule has 1 fully saturated rings. The molecule has 0 aliphatic carbocycles. The molecule has 2 unspecified atom stereocenters. The van der Waals surface area contributed by atoms with Crippen LogP contribution in [0.5, 0.6) is 0 Å². The van der Waals surface area contributed by atoms with Gasteiger partial charge < -0.3 is 23.6 Å². The van der Waals surface area contributed by atoms with Crippen LogP contribution in [0.4, 0.5) is 10.3 Å². The number of halogens is 1. The van der Waals surface area contributed by atoms with Crippen LogP contribution in [0.15, 0.2) is 23.6 Å². The summed E-state index contributed by atoms with van der Waals surface area (Å²) in [6.45, 7) is 5.07. The van der Waals surface area contributed by atoms with Crippen LogP contribution in [0.3, 0.4) is 0 Å². The standard InChI is InChI=1S/C25H28BFN10O9P2S/c1-13(2)22(38)34-25-33-21-18(23(39)35-25)31-12-37(21)24-19-17(27)15(45-24)9-43-47(26,41-6-4-28-3)42-7-5-36-16(10-44-48(40,49)46-19)32-14-8-29-11-30-20(14)36/h8,11-13,15,17,19,24H,4-7,9-10H2,1-2H3,(H2-,33,34,35,38,39,40,49)/q-1/p+1/t15-,17-,19-,24-,47?,48?/m1/s1. The number of aromatic amines is 1. The summed E-state index contributed by atoms with van der Waals surface area (Å²) in [5, 5.41) is 2.51. The molecule has 259 valence electrons. The molecule has 6 atom stereocenters. The minimum absolute atomic E-state index is 0.0412. The van der Waals surface area contributed by atoms with Gasteiger partial charge in [0.1, 0.15) is 57.5 Å². The van der Waals surface area contributed by atoms with Gasteiger partial charge in [-0.3, -0.25) is 29.0 Å². The second-order valence-electron chi connectivity index (χ2n) is 11.0. The van der Waals surface area contributed by atoms with E-state index in [-0.39, 0.29) is 55.8 Å². The molecule has 19 nitrogen and oxygen atoms in total. The lowest BCUT2D eigenvalue weighted by molar-refractivity contribution is -0.118. The maximum atomic E-state index is 16.3. The summed E-state index contributed by atoms with van der Waals surface area (Å²) >= 11 is 5.30. The molecule has 0 spiro atoms. The van der Waals surface area contributed by atoms with Crippen LogP contribution in [-0.2, 0) is 57.1 Å². The Morgan fingerprint density at radius 3 is 2.96 bits per heavy atom. The van der Waals surface area contributed by atoms with E-state index in [0.717, 1.165) is 6.33 Å². The minimum atomic E-state index is -4.25. The number of alkyl halides is 1. The first-order valence-electron chi connectivity index (χ1n) is 14.7. The number of ether oxygens (including phenoxy) is 1. The number of amides is 1. The average molecular weight is 737 g/mol. The first-order valence-corrected chi connectivity index (χ1v) is 18.9.